The number of anilines is 2. The Morgan fingerprint density at radius 2 is 1.74 bits per heavy atom. The van der Waals surface area contributed by atoms with Gasteiger partial charge in [0.05, 0.1) is 10.5 Å². The topological polar surface area (TPSA) is 125 Å². The summed E-state index contributed by atoms with van der Waals surface area (Å²) in [6.07, 6.45) is 4.32. The van der Waals surface area contributed by atoms with Crippen LogP contribution in [0.25, 0.3) is 0 Å². The van der Waals surface area contributed by atoms with E-state index in [-0.39, 0.29) is 10.8 Å². The Morgan fingerprint density at radius 1 is 1.09 bits per heavy atom. The summed E-state index contributed by atoms with van der Waals surface area (Å²) in [4.78, 5) is 23.0. The molecule has 1 aliphatic heterocycles. The highest BCUT2D eigenvalue weighted by molar-refractivity contribution is 7.85. The van der Waals surface area contributed by atoms with Gasteiger partial charge in [0.1, 0.15) is 0 Å². The van der Waals surface area contributed by atoms with Crippen molar-refractivity contribution in [1.82, 2.24) is 15.3 Å². The second-order valence-electron chi connectivity index (χ2n) is 8.04. The number of aromatic nitrogens is 2. The van der Waals surface area contributed by atoms with Crippen molar-refractivity contribution in [3.8, 4) is 0 Å². The Kier molecular flexibility index (Phi) is 8.69. The predicted molar refractivity (Wildman–Crippen MR) is 132 cm³/mol. The minimum atomic E-state index is -4.02. The molecule has 3 N–H and O–H groups in total. The zero-order valence-corrected chi connectivity index (χ0v) is 20.0. The van der Waals surface area contributed by atoms with Crippen molar-refractivity contribution in [2.45, 2.75) is 18.2 Å². The highest BCUT2D eigenvalue weighted by Crippen LogP contribution is 2.20. The van der Waals surface area contributed by atoms with Gasteiger partial charge in [-0.3, -0.25) is 9.35 Å². The lowest BCUT2D eigenvalue weighted by Gasteiger charge is -2.16. The standard InChI is InChI=1S/C17H21N5O.C7H8O3S/c1-18-9-13-7-8-22(12-13)17-19-10-14(11-20-17)16(23)21-15-5-3-2-4-6-15;1-6-2-4-7(5-3-6)11(8,9)10/h2-6,10-11,13,18H,7-9,12H2,1H3,(H,21,23);2-5H,1H3,(H,8,9,10). The Labute approximate surface area is 200 Å². The summed E-state index contributed by atoms with van der Waals surface area (Å²) < 4.78 is 29.6. The molecule has 4 rings (SSSR count). The smallest absolute Gasteiger partial charge is 0.294 e. The van der Waals surface area contributed by atoms with Gasteiger partial charge in [0.15, 0.2) is 0 Å². The summed E-state index contributed by atoms with van der Waals surface area (Å²) in [7, 11) is -2.05. The summed E-state index contributed by atoms with van der Waals surface area (Å²) in [5.74, 6) is 1.13. The molecule has 9 nitrogen and oxygen atoms in total. The van der Waals surface area contributed by atoms with E-state index < -0.39 is 10.1 Å². The average molecular weight is 484 g/mol. The van der Waals surface area contributed by atoms with Crippen LogP contribution in [0.4, 0.5) is 11.6 Å². The number of nitrogens with zero attached hydrogens (tertiary/aromatic N) is 3. The van der Waals surface area contributed by atoms with Crippen LogP contribution >= 0.6 is 0 Å². The second kappa shape index (κ2) is 11.7. The number of nitrogens with one attached hydrogen (secondary N) is 2. The number of para-hydroxylation sites is 1. The Bertz CT molecular complexity index is 1170. The molecule has 0 radical (unpaired) electrons. The molecule has 180 valence electrons. The average Bonchev–Trinajstić information content (AvgIpc) is 3.29. The van der Waals surface area contributed by atoms with Crippen molar-refractivity contribution >= 4 is 27.7 Å². The van der Waals surface area contributed by atoms with E-state index >= 15 is 0 Å². The molecule has 1 fully saturated rings. The van der Waals surface area contributed by atoms with Crippen LogP contribution < -0.4 is 15.5 Å². The van der Waals surface area contributed by atoms with E-state index in [2.05, 4.69) is 25.5 Å². The van der Waals surface area contributed by atoms with E-state index in [0.29, 0.717) is 17.4 Å². The molecule has 10 heteroatoms. The second-order valence-corrected chi connectivity index (χ2v) is 9.46. The third-order valence-corrected chi connectivity index (χ3v) is 6.18. The van der Waals surface area contributed by atoms with Crippen LogP contribution in [0.15, 0.2) is 71.9 Å². The molecule has 1 amide bonds. The van der Waals surface area contributed by atoms with Crippen LogP contribution in [-0.4, -0.2) is 55.5 Å². The van der Waals surface area contributed by atoms with Crippen molar-refractivity contribution in [2.75, 3.05) is 36.9 Å². The lowest BCUT2D eigenvalue weighted by atomic mass is 10.1. The minimum Gasteiger partial charge on any atom is -0.340 e. The van der Waals surface area contributed by atoms with Gasteiger partial charge in [0.2, 0.25) is 5.95 Å². The zero-order chi connectivity index (χ0) is 24.6. The maximum Gasteiger partial charge on any atom is 0.294 e. The molecule has 1 atom stereocenters. The maximum absolute atomic E-state index is 12.2. The zero-order valence-electron chi connectivity index (χ0n) is 19.2. The maximum atomic E-state index is 12.2. The number of aryl methyl sites for hydroxylation is 1. The van der Waals surface area contributed by atoms with Crippen molar-refractivity contribution < 1.29 is 17.8 Å². The van der Waals surface area contributed by atoms with E-state index in [1.54, 1.807) is 24.5 Å². The lowest BCUT2D eigenvalue weighted by Crippen LogP contribution is -2.25. The molecule has 1 aliphatic rings. The van der Waals surface area contributed by atoms with E-state index in [0.717, 1.165) is 37.3 Å². The molecule has 0 saturated carbocycles. The van der Waals surface area contributed by atoms with Crippen LogP contribution in [0.5, 0.6) is 0 Å². The summed E-state index contributed by atoms with van der Waals surface area (Å²) >= 11 is 0. The van der Waals surface area contributed by atoms with E-state index in [1.807, 2.05) is 44.3 Å². The number of rotatable bonds is 6. The minimum absolute atomic E-state index is 0.0666. The first-order valence-electron chi connectivity index (χ1n) is 10.9. The summed E-state index contributed by atoms with van der Waals surface area (Å²) in [5, 5.41) is 6.04. The van der Waals surface area contributed by atoms with E-state index in [1.165, 1.54) is 12.1 Å². The number of carbonyl (C=O) groups excluding carboxylic acids is 1. The van der Waals surface area contributed by atoms with Gasteiger partial charge in [-0.15, -0.1) is 0 Å². The predicted octanol–water partition coefficient (Wildman–Crippen LogP) is 3.02. The number of amides is 1. The molecule has 0 spiro atoms. The Hall–Kier alpha value is -3.34. The van der Waals surface area contributed by atoms with Gasteiger partial charge in [-0.05, 0) is 57.1 Å². The Balaban J connectivity index is 0.000000248. The molecule has 1 unspecified atom stereocenters. The molecule has 3 aromatic rings. The molecular formula is C24H29N5O4S. The van der Waals surface area contributed by atoms with Crippen molar-refractivity contribution in [2.24, 2.45) is 5.92 Å². The monoisotopic (exact) mass is 483 g/mol. The van der Waals surface area contributed by atoms with Gasteiger partial charge in [-0.1, -0.05) is 35.9 Å². The Morgan fingerprint density at radius 3 is 2.32 bits per heavy atom. The molecule has 0 aliphatic carbocycles. The van der Waals surface area contributed by atoms with E-state index in [9.17, 15) is 13.2 Å². The molecule has 2 aromatic carbocycles. The molecule has 34 heavy (non-hydrogen) atoms. The molecular weight excluding hydrogens is 454 g/mol. The fraction of sp³-hybridized carbons (Fsp3) is 0.292. The van der Waals surface area contributed by atoms with Gasteiger partial charge in [-0.25, -0.2) is 9.97 Å². The fourth-order valence-corrected chi connectivity index (χ4v) is 3.99. The third-order valence-electron chi connectivity index (χ3n) is 5.31. The lowest BCUT2D eigenvalue weighted by molar-refractivity contribution is 0.102. The van der Waals surface area contributed by atoms with Crippen LogP contribution in [0.2, 0.25) is 0 Å². The van der Waals surface area contributed by atoms with Crippen molar-refractivity contribution in [3.05, 3.63) is 78.1 Å². The summed E-state index contributed by atoms with van der Waals surface area (Å²) in [6, 6.07) is 15.3. The quantitative estimate of drug-likeness (QED) is 0.457. The molecule has 0 bridgehead atoms. The van der Waals surface area contributed by atoms with Crippen LogP contribution in [0, 0.1) is 12.8 Å². The largest absolute Gasteiger partial charge is 0.340 e. The molecule has 1 saturated heterocycles. The van der Waals surface area contributed by atoms with Gasteiger partial charge >= 0.3 is 0 Å². The highest BCUT2D eigenvalue weighted by atomic mass is 32.2. The van der Waals surface area contributed by atoms with Gasteiger partial charge in [0, 0.05) is 31.2 Å². The van der Waals surface area contributed by atoms with Gasteiger partial charge < -0.3 is 15.5 Å². The highest BCUT2D eigenvalue weighted by Gasteiger charge is 2.23. The van der Waals surface area contributed by atoms with Gasteiger partial charge in [-0.2, -0.15) is 8.42 Å². The summed E-state index contributed by atoms with van der Waals surface area (Å²) in [6.45, 7) is 4.76. The van der Waals surface area contributed by atoms with Crippen LogP contribution in [-0.2, 0) is 10.1 Å². The first-order chi connectivity index (χ1) is 16.3. The molecule has 2 heterocycles. The fourth-order valence-electron chi connectivity index (χ4n) is 3.51. The first kappa shape index (κ1) is 25.3. The number of hydrogen-bond acceptors (Lipinski definition) is 7. The van der Waals surface area contributed by atoms with Crippen molar-refractivity contribution in [3.63, 3.8) is 0 Å². The van der Waals surface area contributed by atoms with E-state index in [4.69, 9.17) is 4.55 Å². The van der Waals surface area contributed by atoms with Crippen LogP contribution in [0.1, 0.15) is 22.3 Å². The number of hydrogen-bond donors (Lipinski definition) is 3. The third kappa shape index (κ3) is 7.34. The number of benzene rings is 2. The van der Waals surface area contributed by atoms with Gasteiger partial charge in [0.25, 0.3) is 16.0 Å². The van der Waals surface area contributed by atoms with Crippen molar-refractivity contribution in [1.29, 1.82) is 0 Å². The number of carbonyl (C=O) groups is 1. The summed E-state index contributed by atoms with van der Waals surface area (Å²) in [5.41, 5.74) is 2.18. The molecule has 1 aromatic heterocycles. The first-order valence-corrected chi connectivity index (χ1v) is 12.3. The van der Waals surface area contributed by atoms with Crippen LogP contribution in [0.3, 0.4) is 0 Å². The normalized spacial score (nSPS) is 15.4. The SMILES string of the molecule is CNCC1CCN(c2ncc(C(=O)Nc3ccccc3)cn2)C1.Cc1ccc(S(=O)(=O)O)cc1.